The number of carbonyl (C=O) groups is 1. The molecule has 3 aromatic rings. The number of hydrogen-bond acceptors (Lipinski definition) is 7. The minimum absolute atomic E-state index is 0.310. The highest BCUT2D eigenvalue weighted by molar-refractivity contribution is 9.10. The lowest BCUT2D eigenvalue weighted by Crippen LogP contribution is -2.13. The number of nitrogens with zero attached hydrogens (tertiary/aromatic N) is 2. The summed E-state index contributed by atoms with van der Waals surface area (Å²) in [6.07, 6.45) is 0. The zero-order valence-corrected chi connectivity index (χ0v) is 17.8. The first-order valence-electron chi connectivity index (χ1n) is 7.83. The van der Waals surface area contributed by atoms with Gasteiger partial charge in [-0.3, -0.25) is 10.1 Å². The molecule has 2 aromatic carbocycles. The molecule has 0 saturated heterocycles. The van der Waals surface area contributed by atoms with Gasteiger partial charge in [-0.1, -0.05) is 51.2 Å². The van der Waals surface area contributed by atoms with Crippen LogP contribution in [0.3, 0.4) is 0 Å². The van der Waals surface area contributed by atoms with Gasteiger partial charge in [-0.25, -0.2) is 0 Å². The van der Waals surface area contributed by atoms with Crippen molar-refractivity contribution in [2.24, 2.45) is 0 Å². The number of hydrogen-bond donors (Lipinski definition) is 1. The number of nitrogens with one attached hydrogen (secondary N) is 1. The average molecular weight is 466 g/mol. The second-order valence-corrected chi connectivity index (χ2v) is 8.42. The second-order valence-electron chi connectivity index (χ2n) is 5.31. The summed E-state index contributed by atoms with van der Waals surface area (Å²) >= 11 is 6.33. The molecule has 6 nitrogen and oxygen atoms in total. The van der Waals surface area contributed by atoms with Gasteiger partial charge in [-0.15, -0.1) is 10.2 Å². The standard InChI is InChI=1S/C18H16BrN3O3S2/c1-24-13-7-8-14(15(9-13)25-2)16(23)20-17-21-22-18(27-17)26-10-11-3-5-12(19)6-4-11/h3-9H,10H2,1-2H3,(H,20,21,23). The molecule has 1 amide bonds. The van der Waals surface area contributed by atoms with E-state index in [0.29, 0.717) is 22.2 Å². The minimum atomic E-state index is -0.310. The molecule has 1 N–H and O–H groups in total. The zero-order chi connectivity index (χ0) is 19.2. The summed E-state index contributed by atoms with van der Waals surface area (Å²) in [6.45, 7) is 0. The molecule has 0 aliphatic heterocycles. The second kappa shape index (κ2) is 9.20. The molecule has 0 radical (unpaired) electrons. The molecule has 0 bridgehead atoms. The van der Waals surface area contributed by atoms with Crippen LogP contribution >= 0.6 is 39.0 Å². The van der Waals surface area contributed by atoms with E-state index in [1.165, 1.54) is 24.0 Å². The number of thioether (sulfide) groups is 1. The molecular weight excluding hydrogens is 450 g/mol. The van der Waals surface area contributed by atoms with E-state index in [2.05, 4.69) is 43.6 Å². The molecule has 0 fully saturated rings. The summed E-state index contributed by atoms with van der Waals surface area (Å²) in [5.74, 6) is 1.52. The van der Waals surface area contributed by atoms with Crippen molar-refractivity contribution in [2.75, 3.05) is 19.5 Å². The Balaban J connectivity index is 1.63. The molecule has 1 heterocycles. The topological polar surface area (TPSA) is 73.3 Å². The molecule has 0 atom stereocenters. The van der Waals surface area contributed by atoms with Crippen molar-refractivity contribution in [3.05, 3.63) is 58.1 Å². The molecule has 9 heteroatoms. The smallest absolute Gasteiger partial charge is 0.261 e. The lowest BCUT2D eigenvalue weighted by molar-refractivity contribution is 0.102. The Morgan fingerprint density at radius 3 is 2.63 bits per heavy atom. The van der Waals surface area contributed by atoms with Crippen LogP contribution in [0.4, 0.5) is 5.13 Å². The fourth-order valence-electron chi connectivity index (χ4n) is 2.19. The number of rotatable bonds is 7. The lowest BCUT2D eigenvalue weighted by Gasteiger charge is -2.09. The quantitative estimate of drug-likeness (QED) is 0.396. The molecule has 0 aliphatic carbocycles. The Kier molecular flexibility index (Phi) is 6.70. The SMILES string of the molecule is COc1ccc(C(=O)Nc2nnc(SCc3ccc(Br)cc3)s2)c(OC)c1. The maximum Gasteiger partial charge on any atom is 0.261 e. The van der Waals surface area contributed by atoms with Crippen LogP contribution in [0.1, 0.15) is 15.9 Å². The molecule has 0 saturated carbocycles. The summed E-state index contributed by atoms with van der Waals surface area (Å²) in [4.78, 5) is 12.5. The molecule has 0 unspecified atom stereocenters. The van der Waals surface area contributed by atoms with E-state index in [4.69, 9.17) is 9.47 Å². The maximum absolute atomic E-state index is 12.5. The summed E-state index contributed by atoms with van der Waals surface area (Å²) < 4.78 is 12.2. The van der Waals surface area contributed by atoms with Crippen LogP contribution in [0, 0.1) is 0 Å². The number of carbonyl (C=O) groups excluding carboxylic acids is 1. The maximum atomic E-state index is 12.5. The van der Waals surface area contributed by atoms with Crippen LogP contribution in [0.5, 0.6) is 11.5 Å². The van der Waals surface area contributed by atoms with Gasteiger partial charge in [0.15, 0.2) is 4.34 Å². The number of anilines is 1. The Labute approximate surface area is 173 Å². The first-order chi connectivity index (χ1) is 13.1. The van der Waals surface area contributed by atoms with Gasteiger partial charge in [-0.2, -0.15) is 0 Å². The third-order valence-electron chi connectivity index (χ3n) is 3.56. The van der Waals surface area contributed by atoms with Crippen LogP contribution in [-0.2, 0) is 5.75 Å². The first kappa shape index (κ1) is 19.7. The van der Waals surface area contributed by atoms with Crippen LogP contribution in [0.25, 0.3) is 0 Å². The monoisotopic (exact) mass is 465 g/mol. The van der Waals surface area contributed by atoms with E-state index in [1.807, 2.05) is 12.1 Å². The van der Waals surface area contributed by atoms with E-state index in [0.717, 1.165) is 14.6 Å². The Morgan fingerprint density at radius 2 is 1.93 bits per heavy atom. The van der Waals surface area contributed by atoms with Crippen LogP contribution in [-0.4, -0.2) is 30.3 Å². The molecule has 0 spiro atoms. The van der Waals surface area contributed by atoms with Gasteiger partial charge in [0.25, 0.3) is 5.91 Å². The number of methoxy groups -OCH3 is 2. The number of benzene rings is 2. The highest BCUT2D eigenvalue weighted by Gasteiger charge is 2.16. The Bertz CT molecular complexity index is 932. The van der Waals surface area contributed by atoms with Crippen LogP contribution in [0.15, 0.2) is 51.3 Å². The van der Waals surface area contributed by atoms with Crippen LogP contribution in [0.2, 0.25) is 0 Å². The number of amides is 1. The molecule has 140 valence electrons. The van der Waals surface area contributed by atoms with Crippen molar-refractivity contribution in [2.45, 2.75) is 10.1 Å². The summed E-state index contributed by atoms with van der Waals surface area (Å²) in [6, 6.07) is 13.1. The fraction of sp³-hybridized carbons (Fsp3) is 0.167. The third-order valence-corrected chi connectivity index (χ3v) is 6.13. The summed E-state index contributed by atoms with van der Waals surface area (Å²) in [7, 11) is 3.07. The number of ether oxygens (including phenoxy) is 2. The van der Waals surface area contributed by atoms with Gasteiger partial charge in [-0.05, 0) is 29.8 Å². The highest BCUT2D eigenvalue weighted by Crippen LogP contribution is 2.30. The van der Waals surface area contributed by atoms with Gasteiger partial charge in [0.2, 0.25) is 5.13 Å². The fourth-order valence-corrected chi connectivity index (χ4v) is 4.16. The van der Waals surface area contributed by atoms with Crippen LogP contribution < -0.4 is 14.8 Å². The Morgan fingerprint density at radius 1 is 1.15 bits per heavy atom. The predicted molar refractivity (Wildman–Crippen MR) is 111 cm³/mol. The van der Waals surface area contributed by atoms with Gasteiger partial charge in [0, 0.05) is 16.3 Å². The minimum Gasteiger partial charge on any atom is -0.497 e. The van der Waals surface area contributed by atoms with Crippen molar-refractivity contribution >= 4 is 50.1 Å². The molecule has 0 aliphatic rings. The van der Waals surface area contributed by atoms with Gasteiger partial charge < -0.3 is 9.47 Å². The summed E-state index contributed by atoms with van der Waals surface area (Å²) in [5.41, 5.74) is 1.59. The first-order valence-corrected chi connectivity index (χ1v) is 10.4. The van der Waals surface area contributed by atoms with Gasteiger partial charge in [0.1, 0.15) is 11.5 Å². The van der Waals surface area contributed by atoms with E-state index in [1.54, 1.807) is 37.1 Å². The normalized spacial score (nSPS) is 10.5. The number of halogens is 1. The molecular formula is C18H16BrN3O3S2. The van der Waals surface area contributed by atoms with Gasteiger partial charge in [0.05, 0.1) is 19.8 Å². The van der Waals surface area contributed by atoms with Crippen molar-refractivity contribution in [1.82, 2.24) is 10.2 Å². The van der Waals surface area contributed by atoms with E-state index in [9.17, 15) is 4.79 Å². The van der Waals surface area contributed by atoms with Crippen molar-refractivity contribution in [1.29, 1.82) is 0 Å². The van der Waals surface area contributed by atoms with E-state index < -0.39 is 0 Å². The largest absolute Gasteiger partial charge is 0.497 e. The zero-order valence-electron chi connectivity index (χ0n) is 14.6. The summed E-state index contributed by atoms with van der Waals surface area (Å²) in [5, 5.41) is 11.4. The lowest BCUT2D eigenvalue weighted by atomic mass is 10.2. The van der Waals surface area contributed by atoms with Crippen molar-refractivity contribution in [3.8, 4) is 11.5 Å². The third kappa shape index (κ3) is 5.21. The highest BCUT2D eigenvalue weighted by atomic mass is 79.9. The molecule has 1 aromatic heterocycles. The van der Waals surface area contributed by atoms with Crippen molar-refractivity contribution < 1.29 is 14.3 Å². The van der Waals surface area contributed by atoms with Crippen molar-refractivity contribution in [3.63, 3.8) is 0 Å². The number of aromatic nitrogens is 2. The van der Waals surface area contributed by atoms with E-state index >= 15 is 0 Å². The molecule has 27 heavy (non-hydrogen) atoms. The average Bonchev–Trinajstić information content (AvgIpc) is 3.14. The predicted octanol–water partition coefficient (Wildman–Crippen LogP) is 4.86. The Hall–Kier alpha value is -2.10. The molecule has 3 rings (SSSR count). The van der Waals surface area contributed by atoms with E-state index in [-0.39, 0.29) is 5.91 Å². The van der Waals surface area contributed by atoms with Gasteiger partial charge >= 0.3 is 0 Å².